The molecule has 0 fully saturated rings. The molecule has 0 aliphatic heterocycles. The van der Waals surface area contributed by atoms with Gasteiger partial charge in [0.2, 0.25) is 0 Å². The van der Waals surface area contributed by atoms with Gasteiger partial charge in [0.25, 0.3) is 0 Å². The zero-order valence-corrected chi connectivity index (χ0v) is 15.2. The molecule has 0 aliphatic carbocycles. The first kappa shape index (κ1) is 18.2. The number of aryl methyl sites for hydroxylation is 2. The Kier molecular flexibility index (Phi) is 7.53. The predicted octanol–water partition coefficient (Wildman–Crippen LogP) is 4.40. The number of hydrogen-bond donors (Lipinski definition) is 0. The van der Waals surface area contributed by atoms with Crippen LogP contribution in [0.3, 0.4) is 0 Å². The summed E-state index contributed by atoms with van der Waals surface area (Å²) in [6.45, 7) is 3.25. The first-order valence-corrected chi connectivity index (χ1v) is 8.99. The van der Waals surface area contributed by atoms with E-state index >= 15 is 0 Å². The minimum absolute atomic E-state index is 0.652. The summed E-state index contributed by atoms with van der Waals surface area (Å²) in [5, 5.41) is 0. The van der Waals surface area contributed by atoms with Crippen LogP contribution in [-0.4, -0.2) is 17.6 Å². The Morgan fingerprint density at radius 3 is 2.50 bits per heavy atom. The van der Waals surface area contributed by atoms with E-state index in [9.17, 15) is 0 Å². The molecule has 4 nitrogen and oxygen atoms in total. The van der Waals surface area contributed by atoms with Crippen molar-refractivity contribution in [1.82, 2.24) is 4.57 Å². The van der Waals surface area contributed by atoms with Gasteiger partial charge < -0.3 is 4.74 Å². The summed E-state index contributed by atoms with van der Waals surface area (Å²) < 4.78 is 9.90. The largest absolute Gasteiger partial charge is 0.475 e. The number of nitrogens with zero attached hydrogens (tertiary/aromatic N) is 3. The van der Waals surface area contributed by atoms with Crippen LogP contribution >= 0.6 is 0 Å². The van der Waals surface area contributed by atoms with E-state index in [1.165, 1.54) is 38.5 Å². The van der Waals surface area contributed by atoms with Gasteiger partial charge in [0.05, 0.1) is 26.4 Å². The molecule has 2 aromatic rings. The summed E-state index contributed by atoms with van der Waals surface area (Å²) in [7, 11) is 3.72. The lowest BCUT2D eigenvalue weighted by Crippen LogP contribution is -2.36. The third-order valence-electron chi connectivity index (χ3n) is 4.20. The van der Waals surface area contributed by atoms with Crippen LogP contribution in [0.1, 0.15) is 51.3 Å². The molecule has 0 aliphatic rings. The highest BCUT2D eigenvalue weighted by atomic mass is 16.5. The second kappa shape index (κ2) is 9.91. The molecule has 4 heteroatoms. The molecular weight excluding hydrogens is 298 g/mol. The Labute approximate surface area is 145 Å². The highest BCUT2D eigenvalue weighted by Crippen LogP contribution is 2.13. The van der Waals surface area contributed by atoms with Crippen molar-refractivity contribution in [3.8, 4) is 0 Å². The van der Waals surface area contributed by atoms with Crippen molar-refractivity contribution >= 4 is 11.6 Å². The molecule has 1 heterocycles. The Morgan fingerprint density at radius 1 is 1.08 bits per heavy atom. The predicted molar refractivity (Wildman–Crippen MR) is 98.6 cm³/mol. The van der Waals surface area contributed by atoms with E-state index in [1.807, 2.05) is 37.4 Å². The number of rotatable bonds is 9. The van der Waals surface area contributed by atoms with Gasteiger partial charge in [-0.15, -0.1) is 0 Å². The lowest BCUT2D eigenvalue weighted by molar-refractivity contribution is -0.672. The molecule has 0 saturated carbocycles. The number of aromatic nitrogens is 2. The fraction of sp³-hybridized carbons (Fsp3) is 0.500. The molecule has 130 valence electrons. The number of methoxy groups -OCH3 is 1. The number of benzene rings is 1. The molecule has 0 unspecified atom stereocenters. The average Bonchev–Trinajstić information content (AvgIpc) is 2.97. The zero-order valence-electron chi connectivity index (χ0n) is 15.2. The number of hydrogen-bond acceptors (Lipinski definition) is 2. The molecule has 0 N–H and O–H groups in total. The van der Waals surface area contributed by atoms with Crippen molar-refractivity contribution in [2.75, 3.05) is 7.11 Å². The summed E-state index contributed by atoms with van der Waals surface area (Å²) in [6.07, 6.45) is 12.0. The summed E-state index contributed by atoms with van der Waals surface area (Å²) in [6, 6.07) is 9.94. The molecule has 0 saturated heterocycles. The Morgan fingerprint density at radius 2 is 1.79 bits per heavy atom. The molecule has 0 amide bonds. The van der Waals surface area contributed by atoms with E-state index in [2.05, 4.69) is 33.4 Å². The van der Waals surface area contributed by atoms with Crippen LogP contribution in [-0.2, 0) is 18.3 Å². The van der Waals surface area contributed by atoms with Gasteiger partial charge in [-0.3, -0.25) is 0 Å². The number of unbranched alkanes of at least 4 members (excludes halogenated alkanes) is 5. The van der Waals surface area contributed by atoms with E-state index in [0.29, 0.717) is 5.90 Å². The van der Waals surface area contributed by atoms with Gasteiger partial charge in [-0.25, -0.2) is 14.1 Å². The van der Waals surface area contributed by atoms with Gasteiger partial charge in [-0.05, 0) is 25.0 Å². The van der Waals surface area contributed by atoms with E-state index in [0.717, 1.165) is 18.1 Å². The highest BCUT2D eigenvalue weighted by molar-refractivity contribution is 5.91. The van der Waals surface area contributed by atoms with Crippen molar-refractivity contribution in [1.29, 1.82) is 0 Å². The van der Waals surface area contributed by atoms with Crippen LogP contribution in [0.25, 0.3) is 0 Å². The standard InChI is InChI=1S/C20H30N3O/c1-4-5-6-7-8-12-15-23-17-16-22(2)20(23)19(24-3)21-18-13-10-9-11-14-18/h9-11,13-14,16-17H,4-8,12,15H2,1-3H3/q+1. The lowest BCUT2D eigenvalue weighted by Gasteiger charge is -2.06. The van der Waals surface area contributed by atoms with E-state index in [4.69, 9.17) is 4.74 Å². The summed E-state index contributed by atoms with van der Waals surface area (Å²) in [5.41, 5.74) is 0.904. The number of imidazole rings is 1. The normalized spacial score (nSPS) is 11.7. The average molecular weight is 328 g/mol. The number of ether oxygens (including phenoxy) is 1. The van der Waals surface area contributed by atoms with E-state index in [1.54, 1.807) is 7.11 Å². The van der Waals surface area contributed by atoms with Crippen LogP contribution in [0.5, 0.6) is 0 Å². The summed E-state index contributed by atoms with van der Waals surface area (Å²) in [5.74, 6) is 1.66. The Bertz CT molecular complexity index is 632. The molecule has 0 bridgehead atoms. The van der Waals surface area contributed by atoms with Gasteiger partial charge in [0, 0.05) is 0 Å². The topological polar surface area (TPSA) is 30.4 Å². The first-order valence-electron chi connectivity index (χ1n) is 8.99. The van der Waals surface area contributed by atoms with Crippen LogP contribution < -0.4 is 4.57 Å². The minimum atomic E-state index is 0.652. The maximum absolute atomic E-state index is 5.59. The molecular formula is C20H30N3O+. The van der Waals surface area contributed by atoms with Crippen LogP contribution in [0.2, 0.25) is 0 Å². The van der Waals surface area contributed by atoms with Crippen molar-refractivity contribution in [2.24, 2.45) is 12.0 Å². The number of aliphatic imine (C=N–C) groups is 1. The second-order valence-corrected chi connectivity index (χ2v) is 6.15. The fourth-order valence-corrected chi connectivity index (χ4v) is 2.85. The molecule has 1 aromatic carbocycles. The smallest absolute Gasteiger partial charge is 0.345 e. The van der Waals surface area contributed by atoms with Gasteiger partial charge in [-0.1, -0.05) is 50.8 Å². The fourth-order valence-electron chi connectivity index (χ4n) is 2.85. The molecule has 0 atom stereocenters. The Hall–Kier alpha value is -2.10. The van der Waals surface area contributed by atoms with Crippen molar-refractivity contribution in [3.05, 3.63) is 48.5 Å². The maximum atomic E-state index is 5.59. The summed E-state index contributed by atoms with van der Waals surface area (Å²) in [4.78, 5) is 4.66. The first-order chi connectivity index (χ1) is 11.8. The third-order valence-corrected chi connectivity index (χ3v) is 4.20. The zero-order chi connectivity index (χ0) is 17.2. The van der Waals surface area contributed by atoms with Crippen molar-refractivity contribution in [2.45, 2.75) is 52.0 Å². The second-order valence-electron chi connectivity index (χ2n) is 6.15. The van der Waals surface area contributed by atoms with Gasteiger partial charge in [-0.2, -0.15) is 0 Å². The van der Waals surface area contributed by atoms with E-state index in [-0.39, 0.29) is 0 Å². The van der Waals surface area contributed by atoms with Gasteiger partial charge >= 0.3 is 11.7 Å². The SMILES string of the molecule is CCCCCCCCn1cc[n+](C)c1C(=Nc1ccccc1)OC. The highest BCUT2D eigenvalue weighted by Gasteiger charge is 2.22. The van der Waals surface area contributed by atoms with Crippen LogP contribution in [0, 0.1) is 0 Å². The van der Waals surface area contributed by atoms with Crippen LogP contribution in [0.15, 0.2) is 47.7 Å². The summed E-state index contributed by atoms with van der Waals surface area (Å²) >= 11 is 0. The van der Waals surface area contributed by atoms with Gasteiger partial charge in [0.15, 0.2) is 0 Å². The molecule has 24 heavy (non-hydrogen) atoms. The monoisotopic (exact) mass is 328 g/mol. The van der Waals surface area contributed by atoms with Crippen LogP contribution in [0.4, 0.5) is 5.69 Å². The number of para-hydroxylation sites is 1. The van der Waals surface area contributed by atoms with E-state index < -0.39 is 0 Å². The quantitative estimate of drug-likeness (QED) is 0.290. The molecule has 1 aromatic heterocycles. The maximum Gasteiger partial charge on any atom is 0.345 e. The lowest BCUT2D eigenvalue weighted by atomic mass is 10.1. The molecule has 0 radical (unpaired) electrons. The Balaban J connectivity index is 2.06. The minimum Gasteiger partial charge on any atom is -0.475 e. The van der Waals surface area contributed by atoms with Crippen molar-refractivity contribution < 1.29 is 9.30 Å². The van der Waals surface area contributed by atoms with Crippen molar-refractivity contribution in [3.63, 3.8) is 0 Å². The van der Waals surface area contributed by atoms with Gasteiger partial charge in [0.1, 0.15) is 12.4 Å². The molecule has 2 rings (SSSR count). The molecule has 0 spiro atoms. The third kappa shape index (κ3) is 5.22.